The molecule has 1 N–H and O–H groups in total. The fourth-order valence-corrected chi connectivity index (χ4v) is 3.70. The van der Waals surface area contributed by atoms with E-state index in [0.29, 0.717) is 11.6 Å². The largest absolute Gasteiger partial charge is 0.337 e. The predicted octanol–water partition coefficient (Wildman–Crippen LogP) is 4.81. The molecule has 5 rings (SSSR count). The number of hydrogen-bond donors (Lipinski definition) is 1. The molecule has 31 heavy (non-hydrogen) atoms. The van der Waals surface area contributed by atoms with Crippen molar-refractivity contribution >= 4 is 22.4 Å². The summed E-state index contributed by atoms with van der Waals surface area (Å²) in [5, 5.41) is 13.7. The Morgan fingerprint density at radius 2 is 1.61 bits per heavy atom. The van der Waals surface area contributed by atoms with Crippen LogP contribution in [-0.2, 0) is 0 Å². The zero-order valence-electron chi connectivity index (χ0n) is 17.3. The van der Waals surface area contributed by atoms with Crippen molar-refractivity contribution in [3.8, 4) is 11.5 Å². The molecular formula is C23H20FN7. The summed E-state index contributed by atoms with van der Waals surface area (Å²) in [5.41, 5.74) is 5.26. The number of halogens is 1. The van der Waals surface area contributed by atoms with Gasteiger partial charge in [0.25, 0.3) is 0 Å². The van der Waals surface area contributed by atoms with E-state index in [2.05, 4.69) is 25.5 Å². The van der Waals surface area contributed by atoms with Crippen LogP contribution in [0.25, 0.3) is 22.4 Å². The second kappa shape index (κ2) is 7.32. The highest BCUT2D eigenvalue weighted by molar-refractivity contribution is 5.81. The van der Waals surface area contributed by atoms with Crippen molar-refractivity contribution in [3.63, 3.8) is 0 Å². The van der Waals surface area contributed by atoms with E-state index >= 15 is 0 Å². The Labute approximate surface area is 178 Å². The van der Waals surface area contributed by atoms with Crippen LogP contribution in [0.1, 0.15) is 17.1 Å². The molecule has 0 bridgehead atoms. The quantitative estimate of drug-likeness (QED) is 0.458. The minimum Gasteiger partial charge on any atom is -0.337 e. The molecule has 0 fully saturated rings. The second-order valence-electron chi connectivity index (χ2n) is 7.33. The Morgan fingerprint density at radius 3 is 2.39 bits per heavy atom. The van der Waals surface area contributed by atoms with Gasteiger partial charge in [-0.2, -0.15) is 10.2 Å². The maximum atomic E-state index is 13.3. The molecule has 154 valence electrons. The van der Waals surface area contributed by atoms with E-state index in [1.165, 1.54) is 18.5 Å². The van der Waals surface area contributed by atoms with Gasteiger partial charge in [0.2, 0.25) is 0 Å². The number of aromatic nitrogens is 6. The van der Waals surface area contributed by atoms with Crippen LogP contribution in [0.15, 0.2) is 60.9 Å². The molecule has 0 aliphatic carbocycles. The topological polar surface area (TPSA) is 73.5 Å². The van der Waals surface area contributed by atoms with E-state index in [1.54, 1.807) is 16.8 Å². The lowest BCUT2D eigenvalue weighted by Gasteiger charge is -2.09. The van der Waals surface area contributed by atoms with Crippen molar-refractivity contribution in [2.75, 3.05) is 5.32 Å². The number of hydrogen-bond acceptors (Lipinski definition) is 5. The van der Waals surface area contributed by atoms with Gasteiger partial charge in [0, 0.05) is 11.5 Å². The van der Waals surface area contributed by atoms with Gasteiger partial charge >= 0.3 is 0 Å². The summed E-state index contributed by atoms with van der Waals surface area (Å²) < 4.78 is 16.9. The molecule has 2 aromatic carbocycles. The monoisotopic (exact) mass is 413 g/mol. The summed E-state index contributed by atoms with van der Waals surface area (Å²) in [6.07, 6.45) is 1.51. The average Bonchev–Trinajstić information content (AvgIpc) is 3.26. The maximum Gasteiger partial charge on any atom is 0.159 e. The lowest BCUT2D eigenvalue weighted by molar-refractivity contribution is 0.627. The van der Waals surface area contributed by atoms with Crippen LogP contribution in [0.3, 0.4) is 0 Å². The van der Waals surface area contributed by atoms with Crippen LogP contribution in [-0.4, -0.2) is 29.5 Å². The molecule has 5 aromatic rings. The average molecular weight is 413 g/mol. The van der Waals surface area contributed by atoms with Crippen molar-refractivity contribution in [3.05, 3.63) is 83.8 Å². The molecule has 0 saturated heterocycles. The molecule has 8 heteroatoms. The number of anilines is 2. The van der Waals surface area contributed by atoms with E-state index in [-0.39, 0.29) is 5.82 Å². The third-order valence-electron chi connectivity index (χ3n) is 5.30. The summed E-state index contributed by atoms with van der Waals surface area (Å²) in [6.45, 7) is 5.89. The fourth-order valence-electron chi connectivity index (χ4n) is 3.70. The van der Waals surface area contributed by atoms with Crippen LogP contribution in [0.4, 0.5) is 15.9 Å². The van der Waals surface area contributed by atoms with Crippen LogP contribution < -0.4 is 5.32 Å². The molecule has 7 nitrogen and oxygen atoms in total. The number of benzene rings is 2. The Kier molecular flexibility index (Phi) is 4.47. The van der Waals surface area contributed by atoms with Crippen molar-refractivity contribution in [1.82, 2.24) is 29.5 Å². The number of nitrogens with one attached hydrogen (secondary N) is 1. The molecule has 3 aromatic heterocycles. The minimum absolute atomic E-state index is 0.279. The van der Waals surface area contributed by atoms with Gasteiger partial charge in [-0.1, -0.05) is 18.2 Å². The molecular weight excluding hydrogens is 393 g/mol. The first-order chi connectivity index (χ1) is 15.0. The van der Waals surface area contributed by atoms with Gasteiger partial charge in [0.05, 0.1) is 34.0 Å². The van der Waals surface area contributed by atoms with E-state index in [1.807, 2.05) is 55.8 Å². The highest BCUT2D eigenvalue weighted by Crippen LogP contribution is 2.27. The molecule has 0 spiro atoms. The van der Waals surface area contributed by atoms with Crippen molar-refractivity contribution in [2.45, 2.75) is 20.8 Å². The first kappa shape index (κ1) is 18.9. The number of nitrogens with zero attached hydrogens (tertiary/aromatic N) is 6. The molecule has 0 aliphatic heterocycles. The van der Waals surface area contributed by atoms with Gasteiger partial charge in [-0.3, -0.25) is 0 Å². The third-order valence-corrected chi connectivity index (χ3v) is 5.30. The first-order valence-electron chi connectivity index (χ1n) is 9.87. The molecule has 0 unspecified atom stereocenters. The van der Waals surface area contributed by atoms with E-state index in [9.17, 15) is 4.39 Å². The molecule has 0 radical (unpaired) electrons. The van der Waals surface area contributed by atoms with Crippen molar-refractivity contribution < 1.29 is 4.39 Å². The normalized spacial score (nSPS) is 11.2. The Hall–Kier alpha value is -4.07. The van der Waals surface area contributed by atoms with Gasteiger partial charge in [0.1, 0.15) is 18.0 Å². The van der Waals surface area contributed by atoms with E-state index in [4.69, 9.17) is 0 Å². The lowest BCUT2D eigenvalue weighted by Crippen LogP contribution is -2.04. The van der Waals surface area contributed by atoms with Gasteiger partial charge in [-0.25, -0.2) is 23.7 Å². The minimum atomic E-state index is -0.279. The van der Waals surface area contributed by atoms with E-state index in [0.717, 1.165) is 39.4 Å². The Morgan fingerprint density at radius 1 is 0.839 bits per heavy atom. The zero-order chi connectivity index (χ0) is 21.5. The molecule has 0 aliphatic rings. The van der Waals surface area contributed by atoms with Gasteiger partial charge in [0.15, 0.2) is 5.82 Å². The van der Waals surface area contributed by atoms with Gasteiger partial charge < -0.3 is 5.32 Å². The van der Waals surface area contributed by atoms with Gasteiger partial charge in [-0.15, -0.1) is 0 Å². The SMILES string of the molecule is Cc1nn(-c2ccc(F)cc2)c(C)c1Nc1cc(-n2nc3ccccc3c2C)ncn1. The molecule has 0 atom stereocenters. The summed E-state index contributed by atoms with van der Waals surface area (Å²) in [6, 6.07) is 16.1. The van der Waals surface area contributed by atoms with Crippen LogP contribution in [0, 0.1) is 26.6 Å². The number of fused-ring (bicyclic) bond motifs is 1. The van der Waals surface area contributed by atoms with Crippen LogP contribution in [0.5, 0.6) is 0 Å². The third kappa shape index (κ3) is 3.31. The second-order valence-corrected chi connectivity index (χ2v) is 7.33. The maximum absolute atomic E-state index is 13.3. The number of rotatable bonds is 4. The Balaban J connectivity index is 1.50. The molecule has 3 heterocycles. The Bertz CT molecular complexity index is 1400. The van der Waals surface area contributed by atoms with Gasteiger partial charge in [-0.05, 0) is 51.1 Å². The summed E-state index contributed by atoms with van der Waals surface area (Å²) in [4.78, 5) is 8.78. The summed E-state index contributed by atoms with van der Waals surface area (Å²) in [5.74, 6) is 1.03. The summed E-state index contributed by atoms with van der Waals surface area (Å²) >= 11 is 0. The predicted molar refractivity (Wildman–Crippen MR) is 118 cm³/mol. The van der Waals surface area contributed by atoms with Crippen LogP contribution in [0.2, 0.25) is 0 Å². The molecule has 0 saturated carbocycles. The fraction of sp³-hybridized carbons (Fsp3) is 0.130. The number of aryl methyl sites for hydroxylation is 2. The smallest absolute Gasteiger partial charge is 0.159 e. The first-order valence-corrected chi connectivity index (χ1v) is 9.87. The standard InChI is InChI=1S/C23H20FN7/c1-14-23(16(3)30(28-14)18-10-8-17(24)9-11-18)27-21-12-22(26-13-25-21)31-15(2)19-6-4-5-7-20(19)29-31/h4-13H,1-3H3,(H,25,26,27). The molecule has 0 amide bonds. The van der Waals surface area contributed by atoms with Crippen LogP contribution >= 0.6 is 0 Å². The van der Waals surface area contributed by atoms with Crippen molar-refractivity contribution in [2.24, 2.45) is 0 Å². The lowest BCUT2D eigenvalue weighted by atomic mass is 10.2. The van der Waals surface area contributed by atoms with E-state index < -0.39 is 0 Å². The highest BCUT2D eigenvalue weighted by Gasteiger charge is 2.15. The zero-order valence-corrected chi connectivity index (χ0v) is 17.3. The van der Waals surface area contributed by atoms with Crippen molar-refractivity contribution in [1.29, 1.82) is 0 Å². The highest BCUT2D eigenvalue weighted by atomic mass is 19.1. The summed E-state index contributed by atoms with van der Waals surface area (Å²) in [7, 11) is 0.